The van der Waals surface area contributed by atoms with E-state index in [0.717, 1.165) is 29.2 Å². The van der Waals surface area contributed by atoms with Crippen molar-refractivity contribution in [1.29, 1.82) is 0 Å². The van der Waals surface area contributed by atoms with Gasteiger partial charge in [0.1, 0.15) is 5.75 Å². The third kappa shape index (κ3) is 3.32. The molecule has 1 heterocycles. The highest BCUT2D eigenvalue weighted by molar-refractivity contribution is 6.30. The molecule has 20 heavy (non-hydrogen) atoms. The van der Waals surface area contributed by atoms with Crippen LogP contribution in [-0.4, -0.2) is 23.9 Å². The molecule has 0 fully saturated rings. The summed E-state index contributed by atoms with van der Waals surface area (Å²) in [6.07, 6.45) is 3.72. The van der Waals surface area contributed by atoms with Crippen LogP contribution >= 0.6 is 11.6 Å². The molecule has 2 rings (SSSR count). The van der Waals surface area contributed by atoms with Gasteiger partial charge in [0.15, 0.2) is 0 Å². The van der Waals surface area contributed by atoms with E-state index < -0.39 is 0 Å². The molecule has 0 saturated heterocycles. The van der Waals surface area contributed by atoms with Crippen LogP contribution < -0.4 is 10.1 Å². The quantitative estimate of drug-likeness (QED) is 0.890. The van der Waals surface area contributed by atoms with Gasteiger partial charge in [0.25, 0.3) is 0 Å². The van der Waals surface area contributed by atoms with Crippen LogP contribution in [0.2, 0.25) is 5.02 Å². The van der Waals surface area contributed by atoms with E-state index in [9.17, 15) is 0 Å². The highest BCUT2D eigenvalue weighted by Crippen LogP contribution is 2.30. The molecule has 108 valence electrons. The van der Waals surface area contributed by atoms with E-state index in [2.05, 4.69) is 10.4 Å². The maximum absolute atomic E-state index is 6.10. The van der Waals surface area contributed by atoms with Gasteiger partial charge in [-0.1, -0.05) is 11.6 Å². The molecule has 0 aliphatic heterocycles. The molecule has 1 N–H and O–H groups in total. The number of aromatic nitrogens is 2. The van der Waals surface area contributed by atoms with Crippen LogP contribution in [0.25, 0.3) is 0 Å². The summed E-state index contributed by atoms with van der Waals surface area (Å²) < 4.78 is 7.33. The minimum absolute atomic E-state index is 0.193. The average Bonchev–Trinajstić information content (AvgIpc) is 2.85. The van der Waals surface area contributed by atoms with E-state index in [1.165, 1.54) is 5.69 Å². The first-order chi connectivity index (χ1) is 9.65. The first-order valence-electron chi connectivity index (χ1n) is 6.63. The Morgan fingerprint density at radius 2 is 2.20 bits per heavy atom. The molecule has 0 spiro atoms. The summed E-state index contributed by atoms with van der Waals surface area (Å²) in [6, 6.07) is 7.95. The molecule has 0 amide bonds. The predicted octanol–water partition coefficient (Wildman–Crippen LogP) is 2.98. The lowest BCUT2D eigenvalue weighted by Gasteiger charge is -2.19. The van der Waals surface area contributed by atoms with Gasteiger partial charge in [0.05, 0.1) is 7.11 Å². The number of aryl methyl sites for hydroxylation is 2. The Kier molecular flexibility index (Phi) is 5.04. The standard InChI is InChI=1S/C15H20ClN3O/c1-17-14(6-5-12-8-9-18-19(12)2)13-10-11(16)4-7-15(13)20-3/h4,7-10,14,17H,5-6H2,1-3H3. The lowest BCUT2D eigenvalue weighted by Crippen LogP contribution is -2.18. The molecule has 2 aromatic rings. The molecule has 0 aliphatic rings. The summed E-state index contributed by atoms with van der Waals surface area (Å²) in [5.41, 5.74) is 2.30. The van der Waals surface area contributed by atoms with Gasteiger partial charge in [0, 0.05) is 35.6 Å². The van der Waals surface area contributed by atoms with Crippen LogP contribution in [0.5, 0.6) is 5.75 Å². The minimum atomic E-state index is 0.193. The third-order valence-electron chi connectivity index (χ3n) is 3.53. The van der Waals surface area contributed by atoms with Crippen molar-refractivity contribution in [2.45, 2.75) is 18.9 Å². The van der Waals surface area contributed by atoms with Gasteiger partial charge >= 0.3 is 0 Å². The molecule has 5 heteroatoms. The zero-order chi connectivity index (χ0) is 14.5. The predicted molar refractivity (Wildman–Crippen MR) is 81.3 cm³/mol. The van der Waals surface area contributed by atoms with Crippen LogP contribution in [0.15, 0.2) is 30.5 Å². The molecule has 0 aliphatic carbocycles. The van der Waals surface area contributed by atoms with Crippen molar-refractivity contribution < 1.29 is 4.74 Å². The third-order valence-corrected chi connectivity index (χ3v) is 3.76. The number of halogens is 1. The number of hydrogen-bond donors (Lipinski definition) is 1. The summed E-state index contributed by atoms with van der Waals surface area (Å²) in [5.74, 6) is 0.860. The molecule has 0 saturated carbocycles. The summed E-state index contributed by atoms with van der Waals surface area (Å²) in [7, 11) is 5.60. The van der Waals surface area contributed by atoms with Crippen molar-refractivity contribution in [3.8, 4) is 5.75 Å². The van der Waals surface area contributed by atoms with Gasteiger partial charge in [0.2, 0.25) is 0 Å². The summed E-state index contributed by atoms with van der Waals surface area (Å²) in [6.45, 7) is 0. The van der Waals surface area contributed by atoms with Crippen molar-refractivity contribution in [2.24, 2.45) is 7.05 Å². The number of nitrogens with one attached hydrogen (secondary N) is 1. The monoisotopic (exact) mass is 293 g/mol. The van der Waals surface area contributed by atoms with E-state index in [1.807, 2.05) is 49.2 Å². The first kappa shape index (κ1) is 14.9. The zero-order valence-electron chi connectivity index (χ0n) is 12.1. The van der Waals surface area contributed by atoms with Gasteiger partial charge in [-0.25, -0.2) is 0 Å². The number of benzene rings is 1. The highest BCUT2D eigenvalue weighted by Gasteiger charge is 2.15. The normalized spacial score (nSPS) is 12.4. The smallest absolute Gasteiger partial charge is 0.123 e. The number of hydrogen-bond acceptors (Lipinski definition) is 3. The van der Waals surface area contributed by atoms with Gasteiger partial charge in [-0.2, -0.15) is 5.10 Å². The van der Waals surface area contributed by atoms with E-state index in [4.69, 9.17) is 16.3 Å². The van der Waals surface area contributed by atoms with E-state index in [-0.39, 0.29) is 6.04 Å². The maximum Gasteiger partial charge on any atom is 0.123 e. The molecule has 1 atom stereocenters. The van der Waals surface area contributed by atoms with E-state index >= 15 is 0 Å². The fraction of sp³-hybridized carbons (Fsp3) is 0.400. The van der Waals surface area contributed by atoms with Crippen molar-refractivity contribution in [3.63, 3.8) is 0 Å². The average molecular weight is 294 g/mol. The zero-order valence-corrected chi connectivity index (χ0v) is 12.8. The van der Waals surface area contributed by atoms with E-state index in [0.29, 0.717) is 0 Å². The Labute approximate surface area is 124 Å². The van der Waals surface area contributed by atoms with Crippen molar-refractivity contribution in [1.82, 2.24) is 15.1 Å². The fourth-order valence-electron chi connectivity index (χ4n) is 2.37. The van der Waals surface area contributed by atoms with Gasteiger partial charge in [-0.05, 0) is 44.2 Å². The van der Waals surface area contributed by atoms with Crippen LogP contribution in [0.3, 0.4) is 0 Å². The Hall–Kier alpha value is -1.52. The van der Waals surface area contributed by atoms with Crippen molar-refractivity contribution >= 4 is 11.6 Å². The largest absolute Gasteiger partial charge is 0.496 e. The second-order valence-electron chi connectivity index (χ2n) is 4.71. The molecule has 1 aromatic heterocycles. The molecule has 1 aromatic carbocycles. The molecule has 0 radical (unpaired) electrons. The molecule has 4 nitrogen and oxygen atoms in total. The van der Waals surface area contributed by atoms with Gasteiger partial charge in [-0.3, -0.25) is 4.68 Å². The van der Waals surface area contributed by atoms with Crippen LogP contribution in [0.4, 0.5) is 0 Å². The van der Waals surface area contributed by atoms with Crippen molar-refractivity contribution in [2.75, 3.05) is 14.2 Å². The topological polar surface area (TPSA) is 39.1 Å². The first-order valence-corrected chi connectivity index (χ1v) is 7.01. The maximum atomic E-state index is 6.10. The number of ether oxygens (including phenoxy) is 1. The van der Waals surface area contributed by atoms with Crippen LogP contribution in [0, 0.1) is 0 Å². The molecular weight excluding hydrogens is 274 g/mol. The van der Waals surface area contributed by atoms with E-state index in [1.54, 1.807) is 7.11 Å². The fourth-order valence-corrected chi connectivity index (χ4v) is 2.55. The van der Waals surface area contributed by atoms with Gasteiger partial charge in [-0.15, -0.1) is 0 Å². The molecular formula is C15H20ClN3O. The Morgan fingerprint density at radius 1 is 1.40 bits per heavy atom. The minimum Gasteiger partial charge on any atom is -0.496 e. The second kappa shape index (κ2) is 6.77. The SMILES string of the molecule is CNC(CCc1ccnn1C)c1cc(Cl)ccc1OC. The summed E-state index contributed by atoms with van der Waals surface area (Å²) in [4.78, 5) is 0. The molecule has 1 unspecified atom stereocenters. The number of nitrogens with zero attached hydrogens (tertiary/aromatic N) is 2. The Balaban J connectivity index is 2.16. The van der Waals surface area contributed by atoms with Crippen LogP contribution in [0.1, 0.15) is 23.7 Å². The number of rotatable bonds is 6. The number of methoxy groups -OCH3 is 1. The molecule has 0 bridgehead atoms. The summed E-state index contributed by atoms with van der Waals surface area (Å²) in [5, 5.41) is 8.25. The van der Waals surface area contributed by atoms with Crippen molar-refractivity contribution in [3.05, 3.63) is 46.7 Å². The van der Waals surface area contributed by atoms with Gasteiger partial charge < -0.3 is 10.1 Å². The Morgan fingerprint density at radius 3 is 2.80 bits per heavy atom. The van der Waals surface area contributed by atoms with Crippen LogP contribution in [-0.2, 0) is 13.5 Å². The highest BCUT2D eigenvalue weighted by atomic mass is 35.5. The lowest BCUT2D eigenvalue weighted by atomic mass is 10.00. The lowest BCUT2D eigenvalue weighted by molar-refractivity contribution is 0.398. The summed E-state index contributed by atoms with van der Waals surface area (Å²) >= 11 is 6.10. The Bertz CT molecular complexity index is 568. The second-order valence-corrected chi connectivity index (χ2v) is 5.15.